The third kappa shape index (κ3) is 6.84. The summed E-state index contributed by atoms with van der Waals surface area (Å²) < 4.78 is 1.20. The van der Waals surface area contributed by atoms with E-state index in [1.165, 1.54) is 26.6 Å². The molecule has 0 saturated heterocycles. The summed E-state index contributed by atoms with van der Waals surface area (Å²) in [5.74, 6) is 0. The minimum absolute atomic E-state index is 1.03. The van der Waals surface area contributed by atoms with Crippen molar-refractivity contribution in [3.05, 3.63) is 224 Å². The molecule has 0 atom stereocenters. The third-order valence-electron chi connectivity index (χ3n) is 10.5. The van der Waals surface area contributed by atoms with Gasteiger partial charge in [-0.2, -0.15) is 0 Å². The minimum atomic E-state index is 1.03. The van der Waals surface area contributed by atoms with E-state index in [9.17, 15) is 0 Å². The Labute approximate surface area is 337 Å². The lowest BCUT2D eigenvalue weighted by Gasteiger charge is -2.27. The molecule has 0 bridgehead atoms. The highest BCUT2D eigenvalue weighted by Crippen LogP contribution is 2.41. The zero-order valence-corrected chi connectivity index (χ0v) is 31.9. The van der Waals surface area contributed by atoms with Crippen molar-refractivity contribution < 1.29 is 0 Å². The van der Waals surface area contributed by atoms with Crippen LogP contribution in [-0.4, -0.2) is 4.98 Å². The lowest BCUT2D eigenvalue weighted by Crippen LogP contribution is -2.10. The maximum Gasteiger partial charge on any atom is 0.124 e. The average Bonchev–Trinajstić information content (AvgIpc) is 3.73. The molecule has 0 fully saturated rings. The first-order valence-electron chi connectivity index (χ1n) is 19.2. The summed E-state index contributed by atoms with van der Waals surface area (Å²) in [5.41, 5.74) is 13.5. The molecular formula is C53H37N3S. The maximum absolute atomic E-state index is 4.91. The zero-order chi connectivity index (χ0) is 38.0. The first-order valence-corrected chi connectivity index (χ1v) is 20.0. The molecule has 0 aliphatic rings. The van der Waals surface area contributed by atoms with Gasteiger partial charge in [-0.3, -0.25) is 0 Å². The lowest BCUT2D eigenvalue weighted by atomic mass is 10.0. The Kier molecular flexibility index (Phi) is 9.07. The molecule has 0 radical (unpaired) electrons. The van der Waals surface area contributed by atoms with Crippen LogP contribution in [-0.2, 0) is 0 Å². The quantitative estimate of drug-likeness (QED) is 0.147. The normalized spacial score (nSPS) is 11.2. The molecule has 10 rings (SSSR count). The summed E-state index contributed by atoms with van der Waals surface area (Å²) in [6, 6.07) is 80.0. The van der Waals surface area contributed by atoms with Crippen molar-refractivity contribution in [1.82, 2.24) is 4.98 Å². The van der Waals surface area contributed by atoms with Gasteiger partial charge in [-0.15, -0.1) is 11.3 Å². The zero-order valence-electron chi connectivity index (χ0n) is 31.1. The van der Waals surface area contributed by atoms with Gasteiger partial charge in [0.25, 0.3) is 0 Å². The van der Waals surface area contributed by atoms with Gasteiger partial charge < -0.3 is 9.80 Å². The predicted octanol–water partition coefficient (Wildman–Crippen LogP) is 15.4. The Hall–Kier alpha value is -7.27. The highest BCUT2D eigenvalue weighted by molar-refractivity contribution is 7.21. The number of aromatic nitrogens is 1. The number of thiazole rings is 1. The van der Waals surface area contributed by atoms with Gasteiger partial charge in [0, 0.05) is 39.4 Å². The van der Waals surface area contributed by atoms with Crippen molar-refractivity contribution in [2.45, 2.75) is 0 Å². The number of hydrogen-bond acceptors (Lipinski definition) is 4. The SMILES string of the molecule is c1ccc(-c2ccc(N(c3ccc(-c4ccc(N(c5ccccc5)c5cccc6ccccc56)cc4)cc3)c3ccc(-c4nc5ccccc5s4)cc3)cc2)cc1. The van der Waals surface area contributed by atoms with Crippen molar-refractivity contribution in [1.29, 1.82) is 0 Å². The number of fused-ring (bicyclic) bond motifs is 2. The van der Waals surface area contributed by atoms with Crippen LogP contribution in [0.25, 0.3) is 53.8 Å². The first-order chi connectivity index (χ1) is 28.2. The van der Waals surface area contributed by atoms with E-state index in [1.807, 2.05) is 6.07 Å². The fourth-order valence-corrected chi connectivity index (χ4v) is 8.61. The van der Waals surface area contributed by atoms with Gasteiger partial charge in [0.1, 0.15) is 5.01 Å². The van der Waals surface area contributed by atoms with E-state index in [4.69, 9.17) is 4.98 Å². The molecule has 3 nitrogen and oxygen atoms in total. The molecule has 10 aromatic rings. The molecule has 1 heterocycles. The highest BCUT2D eigenvalue weighted by Gasteiger charge is 2.17. The largest absolute Gasteiger partial charge is 0.311 e. The summed E-state index contributed by atoms with van der Waals surface area (Å²) in [6.07, 6.45) is 0. The van der Waals surface area contributed by atoms with E-state index in [2.05, 4.69) is 228 Å². The van der Waals surface area contributed by atoms with Gasteiger partial charge in [0.2, 0.25) is 0 Å². The van der Waals surface area contributed by atoms with Gasteiger partial charge in [-0.25, -0.2) is 4.98 Å². The molecule has 57 heavy (non-hydrogen) atoms. The smallest absolute Gasteiger partial charge is 0.124 e. The minimum Gasteiger partial charge on any atom is -0.311 e. The van der Waals surface area contributed by atoms with Crippen LogP contribution < -0.4 is 9.80 Å². The summed E-state index contributed by atoms with van der Waals surface area (Å²) in [4.78, 5) is 9.58. The second kappa shape index (κ2) is 15.1. The van der Waals surface area contributed by atoms with Crippen LogP contribution in [0.2, 0.25) is 0 Å². The standard InChI is InChI=1S/C53H37N3S/c1-3-12-38(13-4-1)39-22-30-45(31-23-39)55(47-36-28-43(29-37-47)53-54-50-19-9-10-21-52(50)57-53)46-32-24-40(25-33-46)41-26-34-48(35-27-41)56(44-16-5-2-6-17-44)51-20-11-15-42-14-7-8-18-49(42)51/h1-37H. The van der Waals surface area contributed by atoms with E-state index >= 15 is 0 Å². The molecule has 0 spiro atoms. The molecule has 0 saturated carbocycles. The molecule has 0 aliphatic heterocycles. The molecule has 4 heteroatoms. The Balaban J connectivity index is 0.981. The number of benzene rings is 9. The Morgan fingerprint density at radius 2 is 0.754 bits per heavy atom. The van der Waals surface area contributed by atoms with E-state index in [-0.39, 0.29) is 0 Å². The van der Waals surface area contributed by atoms with E-state index in [0.717, 1.165) is 61.3 Å². The average molecular weight is 748 g/mol. The molecule has 0 amide bonds. The fourth-order valence-electron chi connectivity index (χ4n) is 7.64. The summed E-state index contributed by atoms with van der Waals surface area (Å²) in [7, 11) is 0. The molecule has 270 valence electrons. The number of anilines is 6. The highest BCUT2D eigenvalue weighted by atomic mass is 32.1. The van der Waals surface area contributed by atoms with Crippen molar-refractivity contribution >= 4 is 66.5 Å². The maximum atomic E-state index is 4.91. The van der Waals surface area contributed by atoms with Gasteiger partial charge in [0.05, 0.1) is 15.9 Å². The second-order valence-corrected chi connectivity index (χ2v) is 15.1. The van der Waals surface area contributed by atoms with E-state index < -0.39 is 0 Å². The Bertz CT molecular complexity index is 2880. The topological polar surface area (TPSA) is 19.4 Å². The van der Waals surface area contributed by atoms with Crippen LogP contribution in [0.15, 0.2) is 224 Å². The van der Waals surface area contributed by atoms with E-state index in [0.29, 0.717) is 0 Å². The Morgan fingerprint density at radius 3 is 1.35 bits per heavy atom. The van der Waals surface area contributed by atoms with Gasteiger partial charge >= 0.3 is 0 Å². The summed E-state index contributed by atoms with van der Waals surface area (Å²) >= 11 is 1.73. The van der Waals surface area contributed by atoms with Crippen molar-refractivity contribution in [2.24, 2.45) is 0 Å². The van der Waals surface area contributed by atoms with Gasteiger partial charge in [0.15, 0.2) is 0 Å². The third-order valence-corrected chi connectivity index (χ3v) is 11.6. The second-order valence-electron chi connectivity index (χ2n) is 14.0. The van der Waals surface area contributed by atoms with Gasteiger partial charge in [-0.05, 0) is 119 Å². The predicted molar refractivity (Wildman–Crippen MR) is 243 cm³/mol. The molecular weight excluding hydrogens is 711 g/mol. The van der Waals surface area contributed by atoms with Crippen LogP contribution in [0.4, 0.5) is 34.1 Å². The number of hydrogen-bond donors (Lipinski definition) is 0. The summed E-state index contributed by atoms with van der Waals surface area (Å²) in [5, 5.41) is 3.47. The van der Waals surface area contributed by atoms with Crippen LogP contribution in [0, 0.1) is 0 Å². The molecule has 9 aromatic carbocycles. The van der Waals surface area contributed by atoms with Crippen molar-refractivity contribution in [3.8, 4) is 32.8 Å². The van der Waals surface area contributed by atoms with Crippen LogP contribution >= 0.6 is 11.3 Å². The molecule has 0 N–H and O–H groups in total. The monoisotopic (exact) mass is 747 g/mol. The van der Waals surface area contributed by atoms with Crippen molar-refractivity contribution in [3.63, 3.8) is 0 Å². The molecule has 0 unspecified atom stereocenters. The molecule has 1 aromatic heterocycles. The number of para-hydroxylation sites is 2. The number of nitrogens with zero attached hydrogens (tertiary/aromatic N) is 3. The molecule has 0 aliphatic carbocycles. The Morgan fingerprint density at radius 1 is 0.316 bits per heavy atom. The fraction of sp³-hybridized carbons (Fsp3) is 0. The van der Waals surface area contributed by atoms with Crippen LogP contribution in [0.5, 0.6) is 0 Å². The first kappa shape index (κ1) is 34.2. The summed E-state index contributed by atoms with van der Waals surface area (Å²) in [6.45, 7) is 0. The van der Waals surface area contributed by atoms with Gasteiger partial charge in [-0.1, -0.05) is 133 Å². The van der Waals surface area contributed by atoms with E-state index in [1.54, 1.807) is 11.3 Å². The lowest BCUT2D eigenvalue weighted by molar-refractivity contribution is 1.28. The number of rotatable bonds is 9. The van der Waals surface area contributed by atoms with Crippen LogP contribution in [0.1, 0.15) is 0 Å². The van der Waals surface area contributed by atoms with Crippen molar-refractivity contribution in [2.75, 3.05) is 9.80 Å². The van der Waals surface area contributed by atoms with Crippen LogP contribution in [0.3, 0.4) is 0 Å².